The van der Waals surface area contributed by atoms with Gasteiger partial charge in [-0.05, 0) is 17.0 Å². The van der Waals surface area contributed by atoms with E-state index in [1.54, 1.807) is 0 Å². The zero-order valence-corrected chi connectivity index (χ0v) is 12.9. The van der Waals surface area contributed by atoms with Crippen LogP contribution in [0.5, 0.6) is 0 Å². The van der Waals surface area contributed by atoms with Crippen molar-refractivity contribution in [3.8, 4) is 0 Å². The molecule has 0 amide bonds. The summed E-state index contributed by atoms with van der Waals surface area (Å²) in [4.78, 5) is 8.47. The van der Waals surface area contributed by atoms with Gasteiger partial charge in [0.05, 0.1) is 0 Å². The molecule has 1 N–H and O–H groups in total. The Labute approximate surface area is 117 Å². The lowest BCUT2D eigenvalue weighted by atomic mass is 10.0. The van der Waals surface area contributed by atoms with Gasteiger partial charge in [0, 0.05) is 4.57 Å². The molecule has 0 fully saturated rings. The van der Waals surface area contributed by atoms with E-state index in [9.17, 15) is 4.57 Å². The lowest BCUT2D eigenvalue weighted by Gasteiger charge is -2.06. The summed E-state index contributed by atoms with van der Waals surface area (Å²) < 4.78 is 14.9. The zero-order chi connectivity index (χ0) is 14.7. The summed E-state index contributed by atoms with van der Waals surface area (Å²) in [6.45, 7) is 10.3. The molecule has 106 valence electrons. The van der Waals surface area contributed by atoms with Gasteiger partial charge in [0.25, 0.3) is 0 Å². The fourth-order valence-corrected chi connectivity index (χ4v) is 1.44. The molecule has 4 heteroatoms. The molecule has 2 unspecified atom stereocenters. The maximum atomic E-state index is 10.3. The van der Waals surface area contributed by atoms with E-state index in [1.807, 2.05) is 30.3 Å². The van der Waals surface area contributed by atoms with E-state index < -0.39 is 8.25 Å². The summed E-state index contributed by atoms with van der Waals surface area (Å²) in [7, 11) is -2.51. The van der Waals surface area contributed by atoms with Gasteiger partial charge in [-0.2, -0.15) is 0 Å². The Morgan fingerprint density at radius 3 is 2.21 bits per heavy atom. The number of rotatable bonds is 6. The van der Waals surface area contributed by atoms with Crippen molar-refractivity contribution in [3.05, 3.63) is 48.0 Å². The highest BCUT2D eigenvalue weighted by Crippen LogP contribution is 2.20. The monoisotopic (exact) mass is 283 g/mol. The Hall–Kier alpha value is -1.02. The van der Waals surface area contributed by atoms with Crippen LogP contribution in [0.3, 0.4) is 0 Å². The van der Waals surface area contributed by atoms with Crippen molar-refractivity contribution in [2.75, 3.05) is 0 Å². The van der Waals surface area contributed by atoms with Crippen molar-refractivity contribution in [2.24, 2.45) is 0 Å². The molecule has 0 saturated heterocycles. The van der Waals surface area contributed by atoms with Gasteiger partial charge in [0.2, 0.25) is 0 Å². The van der Waals surface area contributed by atoms with Gasteiger partial charge in [-0.1, -0.05) is 64.0 Å². The maximum absolute atomic E-state index is 10.3. The van der Waals surface area contributed by atoms with Crippen molar-refractivity contribution >= 4 is 8.25 Å². The molecule has 0 bridgehead atoms. The summed E-state index contributed by atoms with van der Waals surface area (Å²) in [5, 5.41) is 0. The molecular formula is C15H24O3P+. The van der Waals surface area contributed by atoms with Gasteiger partial charge in [-0.25, -0.2) is 0 Å². The van der Waals surface area contributed by atoms with Crippen LogP contribution in [0.25, 0.3) is 0 Å². The van der Waals surface area contributed by atoms with Crippen LogP contribution >= 0.6 is 8.25 Å². The molecule has 1 rings (SSSR count). The molecule has 0 aliphatic carbocycles. The van der Waals surface area contributed by atoms with Gasteiger partial charge in [-0.15, -0.1) is 16.0 Å². The number of benzene rings is 1. The third-order valence-electron chi connectivity index (χ3n) is 2.70. The largest absolute Gasteiger partial charge is 0.695 e. The fraction of sp³-hybridized carbons (Fsp3) is 0.467. The zero-order valence-electron chi connectivity index (χ0n) is 12.0. The van der Waals surface area contributed by atoms with E-state index in [0.717, 1.165) is 5.56 Å². The van der Waals surface area contributed by atoms with Crippen LogP contribution in [0.15, 0.2) is 36.9 Å². The van der Waals surface area contributed by atoms with E-state index in [4.69, 9.17) is 4.89 Å². The summed E-state index contributed by atoms with van der Waals surface area (Å²) in [5.41, 5.74) is 2.05. The molecule has 0 heterocycles. The number of unbranched alkanes of at least 4 members (excludes halogenated alkanes) is 1. The van der Waals surface area contributed by atoms with Crippen LogP contribution < -0.4 is 0 Å². The average molecular weight is 283 g/mol. The van der Waals surface area contributed by atoms with Gasteiger partial charge in [0.15, 0.2) is 0 Å². The van der Waals surface area contributed by atoms with E-state index in [-0.39, 0.29) is 6.61 Å². The summed E-state index contributed by atoms with van der Waals surface area (Å²) in [6.07, 6.45) is 4.51. The van der Waals surface area contributed by atoms with Crippen molar-refractivity contribution < 1.29 is 14.0 Å². The van der Waals surface area contributed by atoms with Crippen molar-refractivity contribution in [2.45, 2.75) is 46.1 Å². The van der Waals surface area contributed by atoms with Crippen LogP contribution in [0.2, 0.25) is 0 Å². The molecule has 0 aromatic heterocycles. The number of hydrogen-bond acceptors (Lipinski definition) is 2. The minimum Gasteiger partial charge on any atom is -0.133 e. The van der Waals surface area contributed by atoms with Crippen LogP contribution in [-0.2, 0) is 15.7 Å². The van der Waals surface area contributed by atoms with E-state index in [1.165, 1.54) is 18.4 Å². The second-order valence-electron chi connectivity index (χ2n) is 4.28. The smallest absolute Gasteiger partial charge is 0.133 e. The Morgan fingerprint density at radius 2 is 1.84 bits per heavy atom. The summed E-state index contributed by atoms with van der Waals surface area (Å²) >= 11 is 0. The van der Waals surface area contributed by atoms with E-state index >= 15 is 0 Å². The van der Waals surface area contributed by atoms with E-state index in [2.05, 4.69) is 31.9 Å². The van der Waals surface area contributed by atoms with E-state index in [0.29, 0.717) is 5.92 Å². The normalized spacial score (nSPS) is 12.1. The third kappa shape index (κ3) is 8.66. The SMILES string of the molecule is C=CC(C)c1ccc(CO[P+](=O)O)cc1.CCCC. The molecule has 1 aromatic carbocycles. The Morgan fingerprint density at radius 1 is 1.32 bits per heavy atom. The Bertz CT molecular complexity index is 371. The first-order valence-corrected chi connectivity index (χ1v) is 7.68. The maximum Gasteiger partial charge on any atom is 0.695 e. The Kier molecular flexibility index (Phi) is 10.3. The van der Waals surface area contributed by atoms with Gasteiger partial charge in [-0.3, -0.25) is 0 Å². The predicted molar refractivity (Wildman–Crippen MR) is 80.3 cm³/mol. The molecular weight excluding hydrogens is 259 g/mol. The molecule has 0 radical (unpaired) electrons. The first kappa shape index (κ1) is 18.0. The molecule has 0 saturated carbocycles. The lowest BCUT2D eigenvalue weighted by Crippen LogP contribution is -1.90. The fourth-order valence-electron chi connectivity index (χ4n) is 1.18. The minimum absolute atomic E-state index is 0.161. The van der Waals surface area contributed by atoms with Crippen LogP contribution in [0, 0.1) is 0 Å². The standard InChI is InChI=1S/C11H13O3P.C4H10/c1-3-9(2)11-6-4-10(5-7-11)8-14-15(12)13;1-3-4-2/h3-7,9H,1,8H2,2H3;3-4H2,1-2H3/p+1. The quantitative estimate of drug-likeness (QED) is 0.593. The number of hydrogen-bond donors (Lipinski definition) is 1. The summed E-state index contributed by atoms with van der Waals surface area (Å²) in [6, 6.07) is 7.70. The van der Waals surface area contributed by atoms with Gasteiger partial charge >= 0.3 is 8.25 Å². The predicted octanol–water partition coefficient (Wildman–Crippen LogP) is 4.95. The molecule has 0 aliphatic heterocycles. The molecule has 3 nitrogen and oxygen atoms in total. The van der Waals surface area contributed by atoms with Gasteiger partial charge in [0.1, 0.15) is 6.61 Å². The minimum atomic E-state index is -2.51. The van der Waals surface area contributed by atoms with Crippen molar-refractivity contribution in [3.63, 3.8) is 0 Å². The first-order valence-electron chi connectivity index (χ1n) is 6.55. The topological polar surface area (TPSA) is 46.5 Å². The third-order valence-corrected chi connectivity index (χ3v) is 3.05. The second kappa shape index (κ2) is 10.9. The highest BCUT2D eigenvalue weighted by atomic mass is 31.1. The summed E-state index contributed by atoms with van der Waals surface area (Å²) in [5.74, 6) is 0.314. The average Bonchev–Trinajstić information content (AvgIpc) is 2.45. The number of allylic oxidation sites excluding steroid dienone is 1. The molecule has 0 aliphatic rings. The van der Waals surface area contributed by atoms with Gasteiger partial charge < -0.3 is 0 Å². The highest BCUT2D eigenvalue weighted by Gasteiger charge is 2.11. The molecule has 0 spiro atoms. The molecule has 19 heavy (non-hydrogen) atoms. The van der Waals surface area contributed by atoms with Crippen LogP contribution in [-0.4, -0.2) is 4.89 Å². The van der Waals surface area contributed by atoms with Crippen LogP contribution in [0.4, 0.5) is 0 Å². The van der Waals surface area contributed by atoms with Crippen LogP contribution in [0.1, 0.15) is 50.7 Å². The Balaban J connectivity index is 0.000000711. The molecule has 2 atom stereocenters. The first-order chi connectivity index (χ1) is 9.04. The highest BCUT2D eigenvalue weighted by molar-refractivity contribution is 7.32. The van der Waals surface area contributed by atoms with Crippen molar-refractivity contribution in [1.29, 1.82) is 0 Å². The second-order valence-corrected chi connectivity index (χ2v) is 5.01. The lowest BCUT2D eigenvalue weighted by molar-refractivity contribution is 0.272. The van der Waals surface area contributed by atoms with Crippen molar-refractivity contribution in [1.82, 2.24) is 0 Å². The molecule has 1 aromatic rings.